The van der Waals surface area contributed by atoms with Gasteiger partial charge in [-0.25, -0.2) is 0 Å². The van der Waals surface area contributed by atoms with Crippen LogP contribution in [0.2, 0.25) is 10.0 Å². The monoisotopic (exact) mass is 519 g/mol. The molecule has 0 saturated heterocycles. The smallest absolute Gasteiger partial charge is 0.164 e. The Balaban J connectivity index is 1.58. The van der Waals surface area contributed by atoms with E-state index in [1.807, 2.05) is 32.0 Å². The summed E-state index contributed by atoms with van der Waals surface area (Å²) in [4.78, 5) is 12.9. The van der Waals surface area contributed by atoms with Gasteiger partial charge in [0.25, 0.3) is 0 Å². The third-order valence-corrected chi connectivity index (χ3v) is 7.90. The Hall–Kier alpha value is -1.25. The molecule has 35 heavy (non-hydrogen) atoms. The molecule has 1 aromatic heterocycles. The number of rotatable bonds is 19. The third-order valence-electron chi connectivity index (χ3n) is 7.16. The van der Waals surface area contributed by atoms with Crippen LogP contribution < -0.4 is 0 Å². The van der Waals surface area contributed by atoms with E-state index in [4.69, 9.17) is 23.2 Å². The molecule has 196 valence electrons. The summed E-state index contributed by atoms with van der Waals surface area (Å²) in [7, 11) is 0. The van der Waals surface area contributed by atoms with Gasteiger partial charge in [0.1, 0.15) is 0 Å². The number of ketones is 1. The third kappa shape index (κ3) is 11.1. The summed E-state index contributed by atoms with van der Waals surface area (Å²) in [5.41, 5.74) is 4.09. The van der Waals surface area contributed by atoms with E-state index in [1.54, 1.807) is 0 Å². The van der Waals surface area contributed by atoms with Crippen LogP contribution in [0.5, 0.6) is 0 Å². The Labute approximate surface area is 224 Å². The average molecular weight is 521 g/mol. The van der Waals surface area contributed by atoms with Crippen molar-refractivity contribution in [1.82, 2.24) is 4.57 Å². The van der Waals surface area contributed by atoms with E-state index in [0.29, 0.717) is 23.0 Å². The second kappa shape index (κ2) is 17.2. The predicted octanol–water partition coefficient (Wildman–Crippen LogP) is 10.9. The fourth-order valence-electron chi connectivity index (χ4n) is 5.03. The van der Waals surface area contributed by atoms with E-state index < -0.39 is 0 Å². The molecular formula is C31H47Cl2NO. The molecular weight excluding hydrogens is 473 g/mol. The quantitative estimate of drug-likeness (QED) is 0.133. The molecule has 0 aliphatic heterocycles. The molecule has 0 aliphatic carbocycles. The summed E-state index contributed by atoms with van der Waals surface area (Å²) in [6, 6.07) is 5.71. The molecule has 4 heteroatoms. The van der Waals surface area contributed by atoms with Gasteiger partial charge in [-0.3, -0.25) is 4.79 Å². The number of carbonyl (C=O) groups excluding carboxylic acids is 1. The first-order valence-electron chi connectivity index (χ1n) is 14.1. The standard InChI is InChI=1S/C31H47Cl2NO/c1-4-5-6-7-8-9-10-11-12-13-14-15-16-17-18-19-30(35)31-25(2)23-34(26(31)3)24-27-20-21-28(32)29(33)22-27/h20-23H,4-19,24H2,1-3H3. The van der Waals surface area contributed by atoms with Gasteiger partial charge in [0, 0.05) is 30.4 Å². The first-order chi connectivity index (χ1) is 16.9. The second-order valence-electron chi connectivity index (χ2n) is 10.3. The molecule has 0 unspecified atom stereocenters. The molecule has 0 spiro atoms. The number of aromatic nitrogens is 1. The van der Waals surface area contributed by atoms with Crippen LogP contribution in [0.3, 0.4) is 0 Å². The number of unbranched alkanes of at least 4 members (excludes halogenated alkanes) is 14. The lowest BCUT2D eigenvalue weighted by Crippen LogP contribution is -2.05. The molecule has 1 aromatic carbocycles. The molecule has 0 atom stereocenters. The van der Waals surface area contributed by atoms with Crippen LogP contribution in [0.15, 0.2) is 24.4 Å². The van der Waals surface area contributed by atoms with E-state index in [1.165, 1.54) is 83.5 Å². The number of aryl methyl sites for hydroxylation is 1. The van der Waals surface area contributed by atoms with Crippen LogP contribution in [0.25, 0.3) is 0 Å². The molecule has 0 saturated carbocycles. The van der Waals surface area contributed by atoms with Crippen molar-refractivity contribution in [2.24, 2.45) is 0 Å². The summed E-state index contributed by atoms with van der Waals surface area (Å²) in [6.45, 7) is 7.06. The normalized spacial score (nSPS) is 11.3. The number of Topliss-reactive ketones (excluding diaryl/α,β-unsaturated/α-hetero) is 1. The van der Waals surface area contributed by atoms with Crippen molar-refractivity contribution in [3.05, 3.63) is 56.8 Å². The highest BCUT2D eigenvalue weighted by Gasteiger charge is 2.17. The molecule has 2 nitrogen and oxygen atoms in total. The highest BCUT2D eigenvalue weighted by atomic mass is 35.5. The minimum absolute atomic E-state index is 0.280. The number of benzene rings is 1. The molecule has 0 bridgehead atoms. The van der Waals surface area contributed by atoms with E-state index in [2.05, 4.69) is 17.7 Å². The van der Waals surface area contributed by atoms with E-state index in [-0.39, 0.29) is 5.78 Å². The van der Waals surface area contributed by atoms with Gasteiger partial charge in [0.05, 0.1) is 10.0 Å². The molecule has 0 N–H and O–H groups in total. The SMILES string of the molecule is CCCCCCCCCCCCCCCCCC(=O)c1c(C)cn(Cc2ccc(Cl)c(Cl)c2)c1C. The summed E-state index contributed by atoms with van der Waals surface area (Å²) in [5.74, 6) is 0.280. The van der Waals surface area contributed by atoms with Crippen molar-refractivity contribution >= 4 is 29.0 Å². The Kier molecular flexibility index (Phi) is 14.8. The number of hydrogen-bond donors (Lipinski definition) is 0. The van der Waals surface area contributed by atoms with Crippen LogP contribution >= 0.6 is 23.2 Å². The zero-order chi connectivity index (χ0) is 25.5. The number of halogens is 2. The Morgan fingerprint density at radius 1 is 0.743 bits per heavy atom. The van der Waals surface area contributed by atoms with Crippen molar-refractivity contribution in [3.8, 4) is 0 Å². The Morgan fingerprint density at radius 2 is 1.26 bits per heavy atom. The first kappa shape index (κ1) is 30.0. The number of nitrogens with zero attached hydrogens (tertiary/aromatic N) is 1. The molecule has 0 aliphatic rings. The molecule has 0 amide bonds. The molecule has 1 heterocycles. The van der Waals surface area contributed by atoms with E-state index in [9.17, 15) is 4.79 Å². The van der Waals surface area contributed by atoms with Gasteiger partial charge >= 0.3 is 0 Å². The zero-order valence-corrected chi connectivity index (χ0v) is 24.0. The van der Waals surface area contributed by atoms with Crippen molar-refractivity contribution in [2.45, 2.75) is 130 Å². The highest BCUT2D eigenvalue weighted by molar-refractivity contribution is 6.42. The first-order valence-corrected chi connectivity index (χ1v) is 14.8. The maximum atomic E-state index is 12.9. The maximum Gasteiger partial charge on any atom is 0.164 e. The summed E-state index contributed by atoms with van der Waals surface area (Å²) in [6.07, 6.45) is 22.8. The topological polar surface area (TPSA) is 22.0 Å². The van der Waals surface area contributed by atoms with Crippen LogP contribution in [0.4, 0.5) is 0 Å². The average Bonchev–Trinajstić information content (AvgIpc) is 3.11. The lowest BCUT2D eigenvalue weighted by Gasteiger charge is -2.09. The minimum Gasteiger partial charge on any atom is -0.346 e. The predicted molar refractivity (Wildman–Crippen MR) is 153 cm³/mol. The lowest BCUT2D eigenvalue weighted by molar-refractivity contribution is 0.0978. The number of carbonyl (C=O) groups is 1. The summed E-state index contributed by atoms with van der Waals surface area (Å²) in [5, 5.41) is 1.13. The number of hydrogen-bond acceptors (Lipinski definition) is 1. The van der Waals surface area contributed by atoms with E-state index >= 15 is 0 Å². The maximum absolute atomic E-state index is 12.9. The van der Waals surface area contributed by atoms with Crippen LogP contribution in [-0.2, 0) is 6.54 Å². The van der Waals surface area contributed by atoms with Gasteiger partial charge < -0.3 is 4.57 Å². The van der Waals surface area contributed by atoms with Gasteiger partial charge in [-0.2, -0.15) is 0 Å². The van der Waals surface area contributed by atoms with Crippen molar-refractivity contribution < 1.29 is 4.79 Å². The van der Waals surface area contributed by atoms with Crippen LogP contribution in [-0.4, -0.2) is 10.4 Å². The van der Waals surface area contributed by atoms with Crippen LogP contribution in [0.1, 0.15) is 137 Å². The fourth-order valence-corrected chi connectivity index (χ4v) is 5.35. The Bertz CT molecular complexity index is 886. The lowest BCUT2D eigenvalue weighted by atomic mass is 10.0. The van der Waals surface area contributed by atoms with Gasteiger partial charge in [0.2, 0.25) is 0 Å². The van der Waals surface area contributed by atoms with Crippen LogP contribution in [0, 0.1) is 13.8 Å². The van der Waals surface area contributed by atoms with Crippen molar-refractivity contribution in [2.75, 3.05) is 0 Å². The summed E-state index contributed by atoms with van der Waals surface area (Å²) < 4.78 is 2.15. The van der Waals surface area contributed by atoms with Gasteiger partial charge in [-0.15, -0.1) is 0 Å². The van der Waals surface area contributed by atoms with E-state index in [0.717, 1.165) is 35.2 Å². The molecule has 0 fully saturated rings. The summed E-state index contributed by atoms with van der Waals surface area (Å²) >= 11 is 12.2. The molecule has 0 radical (unpaired) electrons. The zero-order valence-electron chi connectivity index (χ0n) is 22.4. The van der Waals surface area contributed by atoms with Crippen molar-refractivity contribution in [1.29, 1.82) is 0 Å². The van der Waals surface area contributed by atoms with Gasteiger partial charge in [-0.05, 0) is 43.5 Å². The highest BCUT2D eigenvalue weighted by Crippen LogP contribution is 2.25. The minimum atomic E-state index is 0.280. The van der Waals surface area contributed by atoms with Crippen molar-refractivity contribution in [3.63, 3.8) is 0 Å². The van der Waals surface area contributed by atoms with Gasteiger partial charge in [-0.1, -0.05) is 126 Å². The largest absolute Gasteiger partial charge is 0.346 e. The second-order valence-corrected chi connectivity index (χ2v) is 11.1. The Morgan fingerprint density at radius 3 is 1.77 bits per heavy atom. The fraction of sp³-hybridized carbons (Fsp3) is 0.645. The molecule has 2 rings (SSSR count). The molecule has 2 aromatic rings. The van der Waals surface area contributed by atoms with Gasteiger partial charge in [0.15, 0.2) is 5.78 Å².